The van der Waals surface area contributed by atoms with Gasteiger partial charge in [-0.05, 0) is 20.3 Å². The maximum Gasteiger partial charge on any atom is 0.326 e. The minimum atomic E-state index is -1.34. The Bertz CT molecular complexity index is 407. The fourth-order valence-corrected chi connectivity index (χ4v) is 1.51. The average molecular weight is 289 g/mol. The van der Waals surface area contributed by atoms with E-state index in [-0.39, 0.29) is 19.3 Å². The molecule has 3 amide bonds. The van der Waals surface area contributed by atoms with Crippen LogP contribution in [0.25, 0.3) is 0 Å². The van der Waals surface area contributed by atoms with E-state index >= 15 is 0 Å². The fraction of sp³-hybridized carbons (Fsp3) is 0.636. The predicted molar refractivity (Wildman–Crippen MR) is 67.9 cm³/mol. The molecule has 0 radical (unpaired) electrons. The lowest BCUT2D eigenvalue weighted by Crippen LogP contribution is -2.53. The van der Waals surface area contributed by atoms with E-state index in [2.05, 4.69) is 10.6 Å². The van der Waals surface area contributed by atoms with Crippen LogP contribution in [0.2, 0.25) is 0 Å². The van der Waals surface area contributed by atoms with Crippen molar-refractivity contribution in [3.8, 4) is 0 Å². The predicted octanol–water partition coefficient (Wildman–Crippen LogP) is -0.742. The van der Waals surface area contributed by atoms with Crippen molar-refractivity contribution in [2.45, 2.75) is 44.7 Å². The van der Waals surface area contributed by atoms with Crippen LogP contribution in [0.3, 0.4) is 0 Å². The molecule has 1 atom stereocenters. The second-order valence-electron chi connectivity index (χ2n) is 4.95. The van der Waals surface area contributed by atoms with E-state index in [1.54, 1.807) is 13.8 Å². The summed E-state index contributed by atoms with van der Waals surface area (Å²) in [7, 11) is 0. The number of carbonyl (C=O) groups excluding carboxylic acids is 2. The largest absolute Gasteiger partial charge is 0.481 e. The summed E-state index contributed by atoms with van der Waals surface area (Å²) < 4.78 is 0. The molecule has 0 fully saturated rings. The summed E-state index contributed by atoms with van der Waals surface area (Å²) in [6, 6.07) is -2.13. The first-order chi connectivity index (χ1) is 9.03. The van der Waals surface area contributed by atoms with Crippen LogP contribution in [0.1, 0.15) is 33.1 Å². The van der Waals surface area contributed by atoms with Crippen molar-refractivity contribution in [1.82, 2.24) is 10.6 Å². The van der Waals surface area contributed by atoms with Crippen LogP contribution < -0.4 is 16.4 Å². The lowest BCUT2D eigenvalue weighted by Gasteiger charge is -2.26. The van der Waals surface area contributed by atoms with Crippen LogP contribution in [0, 0.1) is 0 Å². The fourth-order valence-electron chi connectivity index (χ4n) is 1.51. The van der Waals surface area contributed by atoms with Crippen LogP contribution in [0.5, 0.6) is 0 Å². The Labute approximate surface area is 115 Å². The highest BCUT2D eigenvalue weighted by Crippen LogP contribution is 2.07. The molecule has 0 aromatic heterocycles. The molecule has 0 spiro atoms. The highest BCUT2D eigenvalue weighted by Gasteiger charge is 2.26. The molecule has 0 aromatic carbocycles. The van der Waals surface area contributed by atoms with E-state index in [0.29, 0.717) is 0 Å². The quantitative estimate of drug-likeness (QED) is 0.395. The zero-order valence-corrected chi connectivity index (χ0v) is 11.3. The van der Waals surface area contributed by atoms with Crippen LogP contribution in [-0.4, -0.2) is 45.7 Å². The minimum Gasteiger partial charge on any atom is -0.481 e. The second-order valence-corrected chi connectivity index (χ2v) is 4.95. The van der Waals surface area contributed by atoms with Gasteiger partial charge in [-0.15, -0.1) is 0 Å². The van der Waals surface area contributed by atoms with E-state index in [1.807, 2.05) is 0 Å². The molecule has 0 unspecified atom stereocenters. The Morgan fingerprint density at radius 1 is 1.20 bits per heavy atom. The summed E-state index contributed by atoms with van der Waals surface area (Å²) in [5, 5.41) is 21.9. The van der Waals surface area contributed by atoms with E-state index in [0.717, 1.165) is 0 Å². The molecule has 0 saturated carbocycles. The van der Waals surface area contributed by atoms with Crippen molar-refractivity contribution in [2.75, 3.05) is 0 Å². The van der Waals surface area contributed by atoms with Crippen molar-refractivity contribution in [3.63, 3.8) is 0 Å². The molecule has 114 valence electrons. The summed E-state index contributed by atoms with van der Waals surface area (Å²) in [4.78, 5) is 43.7. The molecule has 9 heteroatoms. The number of carbonyl (C=O) groups is 4. The molecule has 0 bridgehead atoms. The lowest BCUT2D eigenvalue weighted by molar-refractivity contribution is -0.140. The molecule has 0 aliphatic rings. The highest BCUT2D eigenvalue weighted by atomic mass is 16.4. The van der Waals surface area contributed by atoms with E-state index in [1.165, 1.54) is 0 Å². The summed E-state index contributed by atoms with van der Waals surface area (Å²) in [6.45, 7) is 3.09. The Morgan fingerprint density at radius 2 is 1.75 bits per heavy atom. The van der Waals surface area contributed by atoms with Gasteiger partial charge in [0.15, 0.2) is 0 Å². The number of nitrogens with one attached hydrogen (secondary N) is 2. The maximum absolute atomic E-state index is 11.6. The highest BCUT2D eigenvalue weighted by molar-refractivity contribution is 5.84. The molecule has 0 aliphatic carbocycles. The number of carboxylic acid groups (broad SMARTS) is 2. The first-order valence-electron chi connectivity index (χ1n) is 5.85. The Balaban J connectivity index is 4.49. The Hall–Kier alpha value is -2.32. The number of amides is 3. The standard InChI is InChI=1S/C11H19N3O6/c1-11(2,5-7(12)15)14-10(20)13-6(9(18)19)3-4-8(16)17/h6H,3-5H2,1-2H3,(H2,12,15)(H,16,17)(H,18,19)(H2,13,14,20)/t6-/m0/s1. The van der Waals surface area contributed by atoms with Crippen molar-refractivity contribution in [2.24, 2.45) is 5.73 Å². The summed E-state index contributed by atoms with van der Waals surface area (Å²) in [5.74, 6) is -3.11. The molecular formula is C11H19N3O6. The molecule has 6 N–H and O–H groups in total. The van der Waals surface area contributed by atoms with Gasteiger partial charge in [-0.1, -0.05) is 0 Å². The Morgan fingerprint density at radius 3 is 2.15 bits per heavy atom. The van der Waals surface area contributed by atoms with Crippen molar-refractivity contribution in [1.29, 1.82) is 0 Å². The normalized spacial score (nSPS) is 12.3. The zero-order chi connectivity index (χ0) is 15.9. The number of urea groups is 1. The minimum absolute atomic E-state index is 0.118. The molecule has 0 rings (SSSR count). The molecule has 0 aliphatic heterocycles. The van der Waals surface area contributed by atoms with Crippen LogP contribution >= 0.6 is 0 Å². The van der Waals surface area contributed by atoms with Crippen LogP contribution in [0.4, 0.5) is 4.79 Å². The first-order valence-corrected chi connectivity index (χ1v) is 5.85. The van der Waals surface area contributed by atoms with Crippen molar-refractivity contribution in [3.05, 3.63) is 0 Å². The van der Waals surface area contributed by atoms with Gasteiger partial charge >= 0.3 is 18.0 Å². The number of carboxylic acids is 2. The lowest BCUT2D eigenvalue weighted by atomic mass is 10.0. The first kappa shape index (κ1) is 17.7. The van der Waals surface area contributed by atoms with Gasteiger partial charge in [-0.3, -0.25) is 9.59 Å². The molecule has 0 saturated heterocycles. The number of rotatable bonds is 8. The third-order valence-electron chi connectivity index (χ3n) is 2.32. The van der Waals surface area contributed by atoms with Crippen LogP contribution in [0.15, 0.2) is 0 Å². The topological polar surface area (TPSA) is 159 Å². The molecule has 0 heterocycles. The number of hydrogen-bond donors (Lipinski definition) is 5. The van der Waals surface area contributed by atoms with E-state index in [9.17, 15) is 19.2 Å². The third kappa shape index (κ3) is 7.90. The van der Waals surface area contributed by atoms with Crippen molar-refractivity contribution < 1.29 is 29.4 Å². The van der Waals surface area contributed by atoms with Gasteiger partial charge in [0.05, 0.1) is 0 Å². The monoisotopic (exact) mass is 289 g/mol. The van der Waals surface area contributed by atoms with Gasteiger partial charge in [0.2, 0.25) is 5.91 Å². The van der Waals surface area contributed by atoms with Gasteiger partial charge < -0.3 is 26.6 Å². The van der Waals surface area contributed by atoms with Gasteiger partial charge in [-0.25, -0.2) is 9.59 Å². The SMILES string of the molecule is CC(C)(CC(N)=O)NC(=O)N[C@@H](CCC(=O)O)C(=O)O. The molecule has 20 heavy (non-hydrogen) atoms. The number of nitrogens with two attached hydrogens (primary N) is 1. The van der Waals surface area contributed by atoms with Gasteiger partial charge in [0.25, 0.3) is 0 Å². The number of primary amides is 1. The smallest absolute Gasteiger partial charge is 0.326 e. The molecular weight excluding hydrogens is 270 g/mol. The summed E-state index contributed by atoms with van der Waals surface area (Å²) >= 11 is 0. The Kier molecular flexibility index (Phi) is 6.47. The van der Waals surface area contributed by atoms with Gasteiger partial charge in [0.1, 0.15) is 6.04 Å². The van der Waals surface area contributed by atoms with Crippen molar-refractivity contribution >= 4 is 23.9 Å². The molecule has 9 nitrogen and oxygen atoms in total. The van der Waals surface area contributed by atoms with E-state index < -0.39 is 35.5 Å². The number of hydrogen-bond acceptors (Lipinski definition) is 4. The third-order valence-corrected chi connectivity index (χ3v) is 2.32. The van der Waals surface area contributed by atoms with E-state index in [4.69, 9.17) is 15.9 Å². The zero-order valence-electron chi connectivity index (χ0n) is 11.3. The van der Waals surface area contributed by atoms with Gasteiger partial charge in [0, 0.05) is 18.4 Å². The second kappa shape index (κ2) is 7.31. The molecule has 0 aromatic rings. The van der Waals surface area contributed by atoms with Crippen LogP contribution in [-0.2, 0) is 14.4 Å². The summed E-state index contributed by atoms with van der Waals surface area (Å²) in [6.07, 6.45) is -0.746. The number of aliphatic carboxylic acids is 2. The maximum atomic E-state index is 11.6. The van der Waals surface area contributed by atoms with Gasteiger partial charge in [-0.2, -0.15) is 0 Å². The average Bonchev–Trinajstić information content (AvgIpc) is 2.20. The summed E-state index contributed by atoms with van der Waals surface area (Å²) in [5.41, 5.74) is 4.08.